The van der Waals surface area contributed by atoms with E-state index in [0.29, 0.717) is 18.4 Å². The molecule has 0 saturated heterocycles. The molecule has 0 radical (unpaired) electrons. The molecule has 0 aromatic carbocycles. The minimum atomic E-state index is 0.483. The summed E-state index contributed by atoms with van der Waals surface area (Å²) in [6.07, 6.45) is 49.1. The minimum absolute atomic E-state index is 0.483. The van der Waals surface area contributed by atoms with Gasteiger partial charge in [0, 0.05) is 46.9 Å². The van der Waals surface area contributed by atoms with E-state index in [2.05, 4.69) is 32.6 Å². The van der Waals surface area contributed by atoms with Crippen LogP contribution in [-0.4, -0.2) is 78.3 Å². The van der Waals surface area contributed by atoms with Gasteiger partial charge in [0.2, 0.25) is 0 Å². The Morgan fingerprint density at radius 3 is 1.22 bits per heavy atom. The highest BCUT2D eigenvalue weighted by atomic mass is 16.5. The molecule has 0 amide bonds. The van der Waals surface area contributed by atoms with Crippen molar-refractivity contribution in [3.8, 4) is 0 Å². The first kappa shape index (κ1) is 62.5. The predicted molar refractivity (Wildman–Crippen MR) is 260 cm³/mol. The molecule has 0 N–H and O–H groups in total. The maximum absolute atomic E-state index is 10.5. The SMILES string of the molecule is CCCCCC(CC=O)CCCCC.CCCCCC(CCCCC)CCOCCCCCCCCCC(CCCCCCCCCOC)OC.CN(C)CCCC=O. The second kappa shape index (κ2) is 57.2. The number of nitrogens with zero attached hydrogens (tertiary/aromatic N) is 1. The van der Waals surface area contributed by atoms with Crippen LogP contribution in [0.5, 0.6) is 0 Å². The lowest BCUT2D eigenvalue weighted by Crippen LogP contribution is -2.12. The van der Waals surface area contributed by atoms with Crippen molar-refractivity contribution >= 4 is 12.6 Å². The van der Waals surface area contributed by atoms with Crippen LogP contribution in [0.1, 0.15) is 259 Å². The van der Waals surface area contributed by atoms with Crippen molar-refractivity contribution in [3.63, 3.8) is 0 Å². The van der Waals surface area contributed by atoms with Crippen LogP contribution < -0.4 is 0 Å². The van der Waals surface area contributed by atoms with E-state index in [1.54, 1.807) is 7.11 Å². The zero-order chi connectivity index (χ0) is 44.1. The van der Waals surface area contributed by atoms with Gasteiger partial charge in [0.05, 0.1) is 6.10 Å². The maximum Gasteiger partial charge on any atom is 0.120 e. The number of rotatable bonds is 46. The quantitative estimate of drug-likeness (QED) is 0.0449. The largest absolute Gasteiger partial charge is 0.385 e. The molecule has 59 heavy (non-hydrogen) atoms. The van der Waals surface area contributed by atoms with Crippen molar-refractivity contribution < 1.29 is 23.8 Å². The number of carbonyl (C=O) groups is 2. The van der Waals surface area contributed by atoms with Gasteiger partial charge in [0.15, 0.2) is 0 Å². The number of methoxy groups -OCH3 is 2. The standard InChI is InChI=1S/C34H70O3.C13H26O.C6H13NO/c1-5-7-19-25-33(26-20-8-6-2)29-32-37-31-24-18-14-10-12-16-22-28-34(36-4)27-21-15-11-9-13-17-23-30-35-3;1-3-5-7-9-13(11-12-14)10-8-6-4-2;1-7(2)5-3-4-6-8/h33-34H,5-32H2,1-4H3;12-13H,3-11H2,1-2H3;6H,3-5H2,1-2H3. The summed E-state index contributed by atoms with van der Waals surface area (Å²) < 4.78 is 16.9. The van der Waals surface area contributed by atoms with Gasteiger partial charge in [0.25, 0.3) is 0 Å². The molecule has 0 aliphatic carbocycles. The number of hydrogen-bond donors (Lipinski definition) is 0. The fourth-order valence-electron chi connectivity index (χ4n) is 7.87. The number of ether oxygens (including phenoxy) is 3. The lowest BCUT2D eigenvalue weighted by atomic mass is 9.92. The molecule has 0 aliphatic heterocycles. The summed E-state index contributed by atoms with van der Waals surface area (Å²) in [6.45, 7) is 13.0. The van der Waals surface area contributed by atoms with E-state index in [4.69, 9.17) is 14.2 Å². The van der Waals surface area contributed by atoms with E-state index >= 15 is 0 Å². The summed E-state index contributed by atoms with van der Waals surface area (Å²) in [5, 5.41) is 0. The Labute approximate surface area is 371 Å². The van der Waals surface area contributed by atoms with Crippen LogP contribution in [0.4, 0.5) is 0 Å². The first-order chi connectivity index (χ1) is 28.9. The fraction of sp³-hybridized carbons (Fsp3) is 0.962. The molecule has 6 heteroatoms. The third-order valence-electron chi connectivity index (χ3n) is 11.9. The molecule has 1 atom stereocenters. The van der Waals surface area contributed by atoms with Crippen molar-refractivity contribution in [2.24, 2.45) is 11.8 Å². The normalized spacial score (nSPS) is 11.8. The van der Waals surface area contributed by atoms with Crippen molar-refractivity contribution in [3.05, 3.63) is 0 Å². The number of aldehydes is 2. The van der Waals surface area contributed by atoms with Crippen molar-refractivity contribution in [2.75, 3.05) is 54.7 Å². The van der Waals surface area contributed by atoms with Crippen LogP contribution >= 0.6 is 0 Å². The fourth-order valence-corrected chi connectivity index (χ4v) is 7.87. The van der Waals surface area contributed by atoms with Gasteiger partial charge in [-0.2, -0.15) is 0 Å². The van der Waals surface area contributed by atoms with E-state index in [0.717, 1.165) is 57.7 Å². The Kier molecular flexibility index (Phi) is 60.5. The zero-order valence-corrected chi connectivity index (χ0v) is 41.7. The van der Waals surface area contributed by atoms with E-state index in [-0.39, 0.29) is 0 Å². The minimum Gasteiger partial charge on any atom is -0.385 e. The zero-order valence-electron chi connectivity index (χ0n) is 41.7. The number of hydrogen-bond acceptors (Lipinski definition) is 6. The van der Waals surface area contributed by atoms with Crippen LogP contribution in [0.2, 0.25) is 0 Å². The summed E-state index contributed by atoms with van der Waals surface area (Å²) in [7, 11) is 7.71. The molecule has 0 bridgehead atoms. The van der Waals surface area contributed by atoms with Crippen LogP contribution in [0.3, 0.4) is 0 Å². The molecule has 0 fully saturated rings. The Bertz CT molecular complexity index is 729. The van der Waals surface area contributed by atoms with Crippen molar-refractivity contribution in [1.29, 1.82) is 0 Å². The first-order valence-electron chi connectivity index (χ1n) is 26.0. The van der Waals surface area contributed by atoms with E-state index in [9.17, 15) is 9.59 Å². The molecular weight excluding hydrogens is 731 g/mol. The highest BCUT2D eigenvalue weighted by molar-refractivity contribution is 5.49. The average molecular weight is 840 g/mol. The summed E-state index contributed by atoms with van der Waals surface area (Å²) in [6, 6.07) is 0. The molecular formula is C53H109NO5. The Hall–Kier alpha value is -0.820. The molecule has 0 rings (SSSR count). The van der Waals surface area contributed by atoms with Gasteiger partial charge in [0.1, 0.15) is 12.6 Å². The summed E-state index contributed by atoms with van der Waals surface area (Å²) in [5.41, 5.74) is 0. The summed E-state index contributed by atoms with van der Waals surface area (Å²) >= 11 is 0. The molecule has 0 aliphatic rings. The average Bonchev–Trinajstić information content (AvgIpc) is 3.23. The van der Waals surface area contributed by atoms with Crippen molar-refractivity contribution in [2.45, 2.75) is 265 Å². The maximum atomic E-state index is 10.5. The van der Waals surface area contributed by atoms with Gasteiger partial charge in [-0.25, -0.2) is 0 Å². The molecule has 0 heterocycles. The van der Waals surface area contributed by atoms with Gasteiger partial charge >= 0.3 is 0 Å². The third-order valence-corrected chi connectivity index (χ3v) is 11.9. The van der Waals surface area contributed by atoms with Crippen LogP contribution in [0, 0.1) is 11.8 Å². The molecule has 0 saturated carbocycles. The van der Waals surface area contributed by atoms with Crippen LogP contribution in [0.15, 0.2) is 0 Å². The first-order valence-corrected chi connectivity index (χ1v) is 26.0. The smallest absolute Gasteiger partial charge is 0.120 e. The second-order valence-corrected chi connectivity index (χ2v) is 18.0. The van der Waals surface area contributed by atoms with Gasteiger partial charge in [-0.1, -0.05) is 207 Å². The number of unbranched alkanes of at least 4 members (excludes halogenated alkanes) is 21. The Morgan fingerprint density at radius 1 is 0.424 bits per heavy atom. The number of carbonyl (C=O) groups excluding carboxylic acids is 2. The predicted octanol–water partition coefficient (Wildman–Crippen LogP) is 16.0. The monoisotopic (exact) mass is 840 g/mol. The molecule has 0 spiro atoms. The lowest BCUT2D eigenvalue weighted by Gasteiger charge is -2.17. The Balaban J connectivity index is -0.00000116. The second-order valence-electron chi connectivity index (χ2n) is 18.0. The van der Waals surface area contributed by atoms with Gasteiger partial charge in [-0.15, -0.1) is 0 Å². The van der Waals surface area contributed by atoms with Crippen molar-refractivity contribution in [1.82, 2.24) is 4.90 Å². The van der Waals surface area contributed by atoms with Crippen LogP contribution in [0.25, 0.3) is 0 Å². The summed E-state index contributed by atoms with van der Waals surface area (Å²) in [5.74, 6) is 1.57. The Morgan fingerprint density at radius 2 is 0.831 bits per heavy atom. The molecule has 356 valence electrons. The van der Waals surface area contributed by atoms with Gasteiger partial charge in [-0.05, 0) is 71.0 Å². The molecule has 6 nitrogen and oxygen atoms in total. The highest BCUT2D eigenvalue weighted by Crippen LogP contribution is 2.22. The van der Waals surface area contributed by atoms with Gasteiger partial charge in [-0.3, -0.25) is 0 Å². The topological polar surface area (TPSA) is 65.1 Å². The van der Waals surface area contributed by atoms with E-state index in [1.807, 2.05) is 21.2 Å². The molecule has 1 unspecified atom stereocenters. The van der Waals surface area contributed by atoms with E-state index < -0.39 is 0 Å². The van der Waals surface area contributed by atoms with Crippen LogP contribution in [-0.2, 0) is 23.8 Å². The lowest BCUT2D eigenvalue weighted by molar-refractivity contribution is -0.109. The molecule has 0 aromatic rings. The highest BCUT2D eigenvalue weighted by Gasteiger charge is 2.10. The van der Waals surface area contributed by atoms with Gasteiger partial charge < -0.3 is 28.7 Å². The molecule has 0 aromatic heterocycles. The summed E-state index contributed by atoms with van der Waals surface area (Å²) in [4.78, 5) is 22.3. The van der Waals surface area contributed by atoms with E-state index in [1.165, 1.54) is 212 Å². The third kappa shape index (κ3) is 57.2.